The Morgan fingerprint density at radius 1 is 1.35 bits per heavy atom. The highest BCUT2D eigenvalue weighted by molar-refractivity contribution is 7.07. The molecule has 2 aromatic rings. The van der Waals surface area contributed by atoms with Gasteiger partial charge in [0.15, 0.2) is 0 Å². The van der Waals surface area contributed by atoms with E-state index < -0.39 is 0 Å². The first kappa shape index (κ1) is 12.1. The third kappa shape index (κ3) is 3.54. The molecule has 2 rings (SSSR count). The summed E-state index contributed by atoms with van der Waals surface area (Å²) in [4.78, 5) is 6.52. The van der Waals surface area contributed by atoms with E-state index in [0.29, 0.717) is 0 Å². The summed E-state index contributed by atoms with van der Waals surface area (Å²) in [5.41, 5.74) is 4.25. The van der Waals surface area contributed by atoms with Crippen LogP contribution < -0.4 is 4.74 Å². The predicted octanol–water partition coefficient (Wildman–Crippen LogP) is 2.78. The fourth-order valence-corrected chi connectivity index (χ4v) is 2.28. The molecule has 0 fully saturated rings. The number of hydrogen-bond acceptors (Lipinski definition) is 4. The van der Waals surface area contributed by atoms with E-state index in [9.17, 15) is 0 Å². The molecule has 0 bridgehead atoms. The van der Waals surface area contributed by atoms with E-state index in [1.54, 1.807) is 18.4 Å². The van der Waals surface area contributed by atoms with Crippen molar-refractivity contribution in [3.8, 4) is 5.75 Å². The summed E-state index contributed by atoms with van der Waals surface area (Å²) in [6.45, 7) is 1.77. The van der Waals surface area contributed by atoms with E-state index in [4.69, 9.17) is 4.74 Å². The maximum atomic E-state index is 5.21. The lowest BCUT2D eigenvalue weighted by molar-refractivity contribution is 0.315. The minimum absolute atomic E-state index is 0.876. The average molecular weight is 248 g/mol. The van der Waals surface area contributed by atoms with Crippen LogP contribution in [0.4, 0.5) is 0 Å². The molecule has 90 valence electrons. The molecule has 0 unspecified atom stereocenters. The van der Waals surface area contributed by atoms with E-state index in [-0.39, 0.29) is 0 Å². The second-order valence-corrected chi connectivity index (χ2v) is 4.72. The molecular weight excluding hydrogens is 232 g/mol. The minimum atomic E-state index is 0.876. The third-order valence-corrected chi connectivity index (χ3v) is 3.14. The molecule has 0 saturated carbocycles. The van der Waals surface area contributed by atoms with Crippen molar-refractivity contribution < 1.29 is 4.74 Å². The summed E-state index contributed by atoms with van der Waals surface area (Å²) < 4.78 is 5.21. The molecule has 4 heteroatoms. The van der Waals surface area contributed by atoms with Crippen molar-refractivity contribution in [1.29, 1.82) is 0 Å². The molecule has 1 aromatic heterocycles. The Bertz CT molecular complexity index is 456. The van der Waals surface area contributed by atoms with Gasteiger partial charge in [-0.1, -0.05) is 12.1 Å². The van der Waals surface area contributed by atoms with Crippen molar-refractivity contribution in [3.63, 3.8) is 0 Å². The van der Waals surface area contributed by atoms with Crippen LogP contribution in [0.25, 0.3) is 0 Å². The van der Waals surface area contributed by atoms with Gasteiger partial charge in [-0.2, -0.15) is 0 Å². The molecule has 0 amide bonds. The van der Waals surface area contributed by atoms with Gasteiger partial charge in [0.1, 0.15) is 5.75 Å². The smallest absolute Gasteiger partial charge is 0.119 e. The van der Waals surface area contributed by atoms with Crippen LogP contribution in [-0.4, -0.2) is 24.0 Å². The molecule has 1 aromatic carbocycles. The van der Waals surface area contributed by atoms with Crippen molar-refractivity contribution in [3.05, 3.63) is 46.4 Å². The Hall–Kier alpha value is -1.39. The van der Waals surface area contributed by atoms with Crippen molar-refractivity contribution in [1.82, 2.24) is 9.88 Å². The third-order valence-electron chi connectivity index (χ3n) is 2.50. The Morgan fingerprint density at radius 3 is 2.94 bits per heavy atom. The molecule has 0 spiro atoms. The van der Waals surface area contributed by atoms with E-state index in [1.165, 1.54) is 5.56 Å². The highest BCUT2D eigenvalue weighted by atomic mass is 32.1. The molecule has 17 heavy (non-hydrogen) atoms. The zero-order valence-corrected chi connectivity index (χ0v) is 10.9. The molecule has 0 aliphatic carbocycles. The van der Waals surface area contributed by atoms with Gasteiger partial charge < -0.3 is 4.74 Å². The van der Waals surface area contributed by atoms with Gasteiger partial charge in [-0.15, -0.1) is 11.3 Å². The van der Waals surface area contributed by atoms with Crippen LogP contribution in [0, 0.1) is 0 Å². The Labute approximate surface area is 106 Å². The fraction of sp³-hybridized carbons (Fsp3) is 0.308. The van der Waals surface area contributed by atoms with Crippen LogP contribution in [0.15, 0.2) is 35.2 Å². The Kier molecular flexibility index (Phi) is 4.12. The average Bonchev–Trinajstić information content (AvgIpc) is 2.82. The molecule has 0 atom stereocenters. The summed E-state index contributed by atoms with van der Waals surface area (Å²) in [6.07, 6.45) is 0. The first-order valence-electron chi connectivity index (χ1n) is 5.46. The number of nitrogens with zero attached hydrogens (tertiary/aromatic N) is 2. The molecule has 3 nitrogen and oxygen atoms in total. The number of thiazole rings is 1. The quantitative estimate of drug-likeness (QED) is 0.813. The highest BCUT2D eigenvalue weighted by Crippen LogP contribution is 2.14. The molecule has 0 radical (unpaired) electrons. The van der Waals surface area contributed by atoms with Gasteiger partial charge in [-0.3, -0.25) is 4.90 Å². The van der Waals surface area contributed by atoms with E-state index >= 15 is 0 Å². The van der Waals surface area contributed by atoms with E-state index in [1.807, 2.05) is 17.6 Å². The van der Waals surface area contributed by atoms with E-state index in [0.717, 1.165) is 24.5 Å². The second kappa shape index (κ2) is 5.80. The van der Waals surface area contributed by atoms with Crippen molar-refractivity contribution in [2.75, 3.05) is 14.2 Å². The van der Waals surface area contributed by atoms with Crippen LogP contribution in [0.2, 0.25) is 0 Å². The zero-order valence-electron chi connectivity index (χ0n) is 10.1. The second-order valence-electron chi connectivity index (χ2n) is 4.00. The monoisotopic (exact) mass is 248 g/mol. The SMILES string of the molecule is COc1cccc(CN(C)Cc2cscn2)c1. The fourth-order valence-electron chi connectivity index (χ4n) is 1.73. The van der Waals surface area contributed by atoms with Crippen LogP contribution >= 0.6 is 11.3 Å². The van der Waals surface area contributed by atoms with Crippen LogP contribution in [0.1, 0.15) is 11.3 Å². The van der Waals surface area contributed by atoms with Gasteiger partial charge in [0, 0.05) is 18.5 Å². The predicted molar refractivity (Wildman–Crippen MR) is 70.3 cm³/mol. The maximum absolute atomic E-state index is 5.21. The van der Waals surface area contributed by atoms with Gasteiger partial charge in [0.05, 0.1) is 18.3 Å². The van der Waals surface area contributed by atoms with Gasteiger partial charge in [-0.05, 0) is 24.7 Å². The molecule has 0 saturated heterocycles. The topological polar surface area (TPSA) is 25.4 Å². The molecular formula is C13H16N2OS. The normalized spacial score (nSPS) is 10.8. The minimum Gasteiger partial charge on any atom is -0.497 e. The van der Waals surface area contributed by atoms with Crippen LogP contribution in [0.3, 0.4) is 0 Å². The summed E-state index contributed by atoms with van der Waals surface area (Å²) in [5.74, 6) is 0.907. The summed E-state index contributed by atoms with van der Waals surface area (Å²) in [5, 5.41) is 2.09. The number of aromatic nitrogens is 1. The summed E-state index contributed by atoms with van der Waals surface area (Å²) >= 11 is 1.64. The number of methoxy groups -OCH3 is 1. The Morgan fingerprint density at radius 2 is 2.24 bits per heavy atom. The van der Waals surface area contributed by atoms with Crippen molar-refractivity contribution in [2.45, 2.75) is 13.1 Å². The van der Waals surface area contributed by atoms with Gasteiger partial charge in [0.25, 0.3) is 0 Å². The first-order valence-corrected chi connectivity index (χ1v) is 6.41. The largest absolute Gasteiger partial charge is 0.497 e. The maximum Gasteiger partial charge on any atom is 0.119 e. The standard InChI is InChI=1S/C13H16N2OS/c1-15(8-12-9-17-10-14-12)7-11-4-3-5-13(6-11)16-2/h3-6,9-10H,7-8H2,1-2H3. The lowest BCUT2D eigenvalue weighted by Gasteiger charge is -2.15. The molecule has 0 N–H and O–H groups in total. The van der Waals surface area contributed by atoms with Crippen LogP contribution in [0.5, 0.6) is 5.75 Å². The zero-order chi connectivity index (χ0) is 12.1. The lowest BCUT2D eigenvalue weighted by Crippen LogP contribution is -2.17. The van der Waals surface area contributed by atoms with Gasteiger partial charge >= 0.3 is 0 Å². The number of rotatable bonds is 5. The summed E-state index contributed by atoms with van der Waals surface area (Å²) in [6, 6.07) is 8.16. The van der Waals surface area contributed by atoms with E-state index in [2.05, 4.69) is 34.4 Å². The molecule has 0 aliphatic rings. The van der Waals surface area contributed by atoms with Crippen molar-refractivity contribution in [2.24, 2.45) is 0 Å². The van der Waals surface area contributed by atoms with Crippen molar-refractivity contribution >= 4 is 11.3 Å². The molecule has 1 heterocycles. The number of hydrogen-bond donors (Lipinski definition) is 0. The number of benzene rings is 1. The first-order chi connectivity index (χ1) is 8.28. The highest BCUT2D eigenvalue weighted by Gasteiger charge is 2.03. The number of ether oxygens (including phenoxy) is 1. The van der Waals surface area contributed by atoms with Gasteiger partial charge in [0.2, 0.25) is 0 Å². The van der Waals surface area contributed by atoms with Gasteiger partial charge in [-0.25, -0.2) is 4.98 Å². The Balaban J connectivity index is 1.95. The van der Waals surface area contributed by atoms with Crippen LogP contribution in [-0.2, 0) is 13.1 Å². The lowest BCUT2D eigenvalue weighted by atomic mass is 10.2. The molecule has 0 aliphatic heterocycles. The summed E-state index contributed by atoms with van der Waals surface area (Å²) in [7, 11) is 3.79.